The van der Waals surface area contributed by atoms with Crippen LogP contribution >= 0.6 is 0 Å². The number of para-hydroxylation sites is 1. The number of aromatic nitrogens is 5. The van der Waals surface area contributed by atoms with Gasteiger partial charge in [0.15, 0.2) is 5.65 Å². The van der Waals surface area contributed by atoms with Crippen LogP contribution in [0, 0.1) is 5.82 Å². The maximum absolute atomic E-state index is 13.2. The van der Waals surface area contributed by atoms with Gasteiger partial charge in [0.2, 0.25) is 0 Å². The Morgan fingerprint density at radius 1 is 0.964 bits per heavy atom. The van der Waals surface area contributed by atoms with Gasteiger partial charge < -0.3 is 0 Å². The Labute approximate surface area is 158 Å². The molecule has 0 saturated carbocycles. The average molecular weight is 371 g/mol. The highest BCUT2D eigenvalue weighted by atomic mass is 19.1. The highest BCUT2D eigenvalue weighted by Gasteiger charge is 2.12. The third-order valence-corrected chi connectivity index (χ3v) is 4.61. The van der Waals surface area contributed by atoms with Crippen molar-refractivity contribution in [2.45, 2.75) is 6.54 Å². The molecule has 7 heteroatoms. The third kappa shape index (κ3) is 2.73. The summed E-state index contributed by atoms with van der Waals surface area (Å²) >= 11 is 0. The molecule has 28 heavy (non-hydrogen) atoms. The molecule has 0 N–H and O–H groups in total. The molecule has 0 aliphatic carbocycles. The number of hydrogen-bond donors (Lipinski definition) is 0. The number of halogens is 1. The molecule has 0 aliphatic rings. The molecule has 0 spiro atoms. The summed E-state index contributed by atoms with van der Waals surface area (Å²) in [5.74, 6) is -0.335. The number of pyridine rings is 1. The Morgan fingerprint density at radius 3 is 2.64 bits per heavy atom. The van der Waals surface area contributed by atoms with E-state index >= 15 is 0 Å². The Bertz CT molecular complexity index is 1370. The van der Waals surface area contributed by atoms with Crippen molar-refractivity contribution in [3.05, 3.63) is 95.1 Å². The third-order valence-electron chi connectivity index (χ3n) is 4.61. The summed E-state index contributed by atoms with van der Waals surface area (Å²) in [6, 6.07) is 17.6. The number of hydrogen-bond acceptors (Lipinski definition) is 4. The first-order chi connectivity index (χ1) is 13.7. The molecule has 6 nitrogen and oxygen atoms in total. The van der Waals surface area contributed by atoms with E-state index in [9.17, 15) is 9.18 Å². The molecular weight excluding hydrogens is 357 g/mol. The molecule has 0 fully saturated rings. The Morgan fingerprint density at radius 2 is 1.79 bits per heavy atom. The zero-order chi connectivity index (χ0) is 19.1. The molecule has 3 aromatic heterocycles. The van der Waals surface area contributed by atoms with E-state index in [4.69, 9.17) is 0 Å². The summed E-state index contributed by atoms with van der Waals surface area (Å²) in [6.07, 6.45) is 2.97. The molecule has 0 saturated heterocycles. The molecule has 0 bridgehead atoms. The number of benzene rings is 2. The first-order valence-electron chi connectivity index (χ1n) is 8.73. The minimum absolute atomic E-state index is 0.201. The van der Waals surface area contributed by atoms with Crippen LogP contribution in [-0.4, -0.2) is 24.3 Å². The van der Waals surface area contributed by atoms with E-state index in [1.165, 1.54) is 33.9 Å². The van der Waals surface area contributed by atoms with Gasteiger partial charge in [-0.25, -0.2) is 14.1 Å². The van der Waals surface area contributed by atoms with Gasteiger partial charge >= 0.3 is 0 Å². The quantitative estimate of drug-likeness (QED) is 0.488. The maximum atomic E-state index is 13.2. The Balaban J connectivity index is 1.54. The topological polar surface area (TPSA) is 65.6 Å². The van der Waals surface area contributed by atoms with Crippen LogP contribution < -0.4 is 5.56 Å². The highest BCUT2D eigenvalue weighted by molar-refractivity contribution is 5.78. The van der Waals surface area contributed by atoms with Gasteiger partial charge in [0, 0.05) is 5.39 Å². The monoisotopic (exact) mass is 371 g/mol. The number of fused-ring (bicyclic) bond motifs is 2. The second kappa shape index (κ2) is 6.38. The fourth-order valence-electron chi connectivity index (χ4n) is 3.20. The van der Waals surface area contributed by atoms with Gasteiger partial charge in [0.25, 0.3) is 5.56 Å². The van der Waals surface area contributed by atoms with E-state index in [2.05, 4.69) is 15.1 Å². The van der Waals surface area contributed by atoms with E-state index in [1.807, 2.05) is 36.4 Å². The van der Waals surface area contributed by atoms with Crippen LogP contribution in [0.1, 0.15) is 5.69 Å². The van der Waals surface area contributed by atoms with Crippen LogP contribution in [0.4, 0.5) is 4.39 Å². The first kappa shape index (κ1) is 16.3. The Kier molecular flexibility index (Phi) is 3.72. The van der Waals surface area contributed by atoms with Crippen molar-refractivity contribution < 1.29 is 4.39 Å². The summed E-state index contributed by atoms with van der Waals surface area (Å²) in [5, 5.41) is 5.69. The molecule has 3 heterocycles. The standard InChI is InChI=1S/C21H14FN5O/c22-15-6-9-17(10-7-15)27-20-18(11-24-27)21(28)26(13-23-20)12-16-8-5-14-3-1-2-4-19(14)25-16/h1-11,13H,12H2. The van der Waals surface area contributed by atoms with Crippen LogP contribution in [0.15, 0.2) is 78.0 Å². The fourth-order valence-corrected chi connectivity index (χ4v) is 3.20. The summed E-state index contributed by atoms with van der Waals surface area (Å²) in [5.41, 5.74) is 2.52. The lowest BCUT2D eigenvalue weighted by Crippen LogP contribution is -2.21. The Hall–Kier alpha value is -3.87. The van der Waals surface area contributed by atoms with Crippen LogP contribution in [0.25, 0.3) is 27.6 Å². The second-order valence-electron chi connectivity index (χ2n) is 6.44. The van der Waals surface area contributed by atoms with Crippen molar-refractivity contribution in [1.82, 2.24) is 24.3 Å². The highest BCUT2D eigenvalue weighted by Crippen LogP contribution is 2.15. The minimum Gasteiger partial charge on any atom is -0.292 e. The van der Waals surface area contributed by atoms with Gasteiger partial charge in [0.1, 0.15) is 17.5 Å². The van der Waals surface area contributed by atoms with Crippen molar-refractivity contribution in [3.63, 3.8) is 0 Å². The predicted octanol–water partition coefficient (Wildman–Crippen LogP) is 3.32. The fraction of sp³-hybridized carbons (Fsp3) is 0.0476. The molecule has 5 aromatic rings. The number of rotatable bonds is 3. The summed E-state index contributed by atoms with van der Waals surface area (Å²) < 4.78 is 16.2. The van der Waals surface area contributed by atoms with Crippen LogP contribution in [0.2, 0.25) is 0 Å². The van der Waals surface area contributed by atoms with E-state index in [-0.39, 0.29) is 11.4 Å². The van der Waals surface area contributed by atoms with Crippen LogP contribution in [-0.2, 0) is 6.54 Å². The van der Waals surface area contributed by atoms with Crippen molar-refractivity contribution in [2.24, 2.45) is 0 Å². The molecule has 0 atom stereocenters. The molecule has 0 unspecified atom stereocenters. The van der Waals surface area contributed by atoms with Gasteiger partial charge in [0.05, 0.1) is 29.6 Å². The van der Waals surface area contributed by atoms with Crippen LogP contribution in [0.3, 0.4) is 0 Å². The SMILES string of the molecule is O=c1c2cnn(-c3ccc(F)cc3)c2ncn1Cc1ccc2ccccc2n1. The summed E-state index contributed by atoms with van der Waals surface area (Å²) in [4.78, 5) is 21.9. The van der Waals surface area contributed by atoms with Crippen LogP contribution in [0.5, 0.6) is 0 Å². The normalized spacial score (nSPS) is 11.3. The van der Waals surface area contributed by atoms with E-state index < -0.39 is 0 Å². The molecule has 0 aliphatic heterocycles. The van der Waals surface area contributed by atoms with Crippen molar-refractivity contribution in [2.75, 3.05) is 0 Å². The molecule has 136 valence electrons. The minimum atomic E-state index is -0.335. The van der Waals surface area contributed by atoms with Crippen molar-refractivity contribution in [3.8, 4) is 5.69 Å². The predicted molar refractivity (Wildman–Crippen MR) is 104 cm³/mol. The van der Waals surface area contributed by atoms with E-state index in [0.717, 1.165) is 16.6 Å². The number of nitrogens with zero attached hydrogens (tertiary/aromatic N) is 5. The van der Waals surface area contributed by atoms with Gasteiger partial charge in [-0.05, 0) is 36.4 Å². The maximum Gasteiger partial charge on any atom is 0.264 e. The summed E-state index contributed by atoms with van der Waals surface area (Å²) in [6.45, 7) is 0.314. The van der Waals surface area contributed by atoms with E-state index in [0.29, 0.717) is 23.3 Å². The lowest BCUT2D eigenvalue weighted by molar-refractivity contribution is 0.627. The lowest BCUT2D eigenvalue weighted by Gasteiger charge is -2.07. The van der Waals surface area contributed by atoms with Gasteiger partial charge in [-0.1, -0.05) is 24.3 Å². The molecule has 0 radical (unpaired) electrons. The zero-order valence-electron chi connectivity index (χ0n) is 14.7. The van der Waals surface area contributed by atoms with Gasteiger partial charge in [-0.15, -0.1) is 0 Å². The van der Waals surface area contributed by atoms with Crippen molar-refractivity contribution in [1.29, 1.82) is 0 Å². The van der Waals surface area contributed by atoms with Crippen molar-refractivity contribution >= 4 is 21.9 Å². The molecular formula is C21H14FN5O. The smallest absolute Gasteiger partial charge is 0.264 e. The van der Waals surface area contributed by atoms with Gasteiger partial charge in [-0.3, -0.25) is 14.3 Å². The summed E-state index contributed by atoms with van der Waals surface area (Å²) in [7, 11) is 0. The van der Waals surface area contributed by atoms with E-state index in [1.54, 1.807) is 12.1 Å². The average Bonchev–Trinajstić information content (AvgIpc) is 3.15. The molecule has 0 amide bonds. The second-order valence-corrected chi connectivity index (χ2v) is 6.44. The largest absolute Gasteiger partial charge is 0.292 e. The lowest BCUT2D eigenvalue weighted by atomic mass is 10.2. The molecule has 5 rings (SSSR count). The zero-order valence-corrected chi connectivity index (χ0v) is 14.7. The molecule has 2 aromatic carbocycles. The van der Waals surface area contributed by atoms with Gasteiger partial charge in [-0.2, -0.15) is 5.10 Å². The first-order valence-corrected chi connectivity index (χ1v) is 8.73.